The number of anilines is 1. The molecule has 0 aliphatic carbocycles. The van der Waals surface area contributed by atoms with Gasteiger partial charge in [-0.3, -0.25) is 10.1 Å². The van der Waals surface area contributed by atoms with Crippen molar-refractivity contribution >= 4 is 46.5 Å². The summed E-state index contributed by atoms with van der Waals surface area (Å²) in [6, 6.07) is 13.6. The molecule has 0 atom stereocenters. The van der Waals surface area contributed by atoms with Gasteiger partial charge in [-0.05, 0) is 30.4 Å². The second-order valence-electron chi connectivity index (χ2n) is 5.10. The number of ketones is 1. The number of hydrogen-bond acceptors (Lipinski definition) is 5. The maximum Gasteiger partial charge on any atom is 0.413 e. The van der Waals surface area contributed by atoms with E-state index in [1.807, 2.05) is 6.07 Å². The normalized spacial score (nSPS) is 10.1. The molecule has 136 valence electrons. The van der Waals surface area contributed by atoms with Crippen molar-refractivity contribution in [3.05, 3.63) is 64.7 Å². The maximum absolute atomic E-state index is 12.6. The Morgan fingerprint density at radius 3 is 2.54 bits per heavy atom. The molecule has 2 aromatic rings. The lowest BCUT2D eigenvalue weighted by Crippen LogP contribution is -2.35. The SMILES string of the molecule is COCCOC(=O)NC(=S)Nc1ccc(Cl)c(C(=O)c2ccccc2)c1. The number of alkyl carbamates (subject to hydrolysis) is 1. The number of ether oxygens (including phenoxy) is 2. The van der Waals surface area contributed by atoms with Gasteiger partial charge in [0.25, 0.3) is 0 Å². The number of methoxy groups -OCH3 is 1. The highest BCUT2D eigenvalue weighted by atomic mass is 35.5. The molecule has 0 aromatic heterocycles. The van der Waals surface area contributed by atoms with Crippen LogP contribution in [0.3, 0.4) is 0 Å². The van der Waals surface area contributed by atoms with Gasteiger partial charge in [0.2, 0.25) is 0 Å². The third-order valence-electron chi connectivity index (χ3n) is 3.24. The van der Waals surface area contributed by atoms with Crippen LogP contribution < -0.4 is 10.6 Å². The molecule has 0 aliphatic heterocycles. The van der Waals surface area contributed by atoms with Crippen molar-refractivity contribution in [3.63, 3.8) is 0 Å². The van der Waals surface area contributed by atoms with Gasteiger partial charge in [0.15, 0.2) is 10.9 Å². The number of halogens is 1. The van der Waals surface area contributed by atoms with Crippen LogP contribution >= 0.6 is 23.8 Å². The first-order chi connectivity index (χ1) is 12.5. The van der Waals surface area contributed by atoms with E-state index < -0.39 is 6.09 Å². The van der Waals surface area contributed by atoms with Crippen LogP contribution in [0.15, 0.2) is 48.5 Å². The van der Waals surface area contributed by atoms with Gasteiger partial charge in [0.05, 0.1) is 11.6 Å². The largest absolute Gasteiger partial charge is 0.447 e. The summed E-state index contributed by atoms with van der Waals surface area (Å²) in [5.74, 6) is -0.211. The van der Waals surface area contributed by atoms with Crippen LogP contribution in [-0.4, -0.2) is 37.3 Å². The molecule has 0 heterocycles. The van der Waals surface area contributed by atoms with Crippen LogP contribution in [0.1, 0.15) is 15.9 Å². The number of nitrogens with one attached hydrogen (secondary N) is 2. The van der Waals surface area contributed by atoms with Gasteiger partial charge in [-0.2, -0.15) is 0 Å². The molecule has 26 heavy (non-hydrogen) atoms. The summed E-state index contributed by atoms with van der Waals surface area (Å²) in [7, 11) is 1.50. The Balaban J connectivity index is 2.04. The standard InChI is InChI=1S/C18H17ClN2O4S/c1-24-9-10-25-18(23)21-17(26)20-13-7-8-15(19)14(11-13)16(22)12-5-3-2-4-6-12/h2-8,11H,9-10H2,1H3,(H2,20,21,23,26). The molecule has 0 unspecified atom stereocenters. The maximum atomic E-state index is 12.6. The van der Waals surface area contributed by atoms with Crippen LogP contribution in [0.5, 0.6) is 0 Å². The number of benzene rings is 2. The zero-order chi connectivity index (χ0) is 18.9. The number of rotatable bonds is 6. The van der Waals surface area contributed by atoms with Crippen molar-refractivity contribution in [2.24, 2.45) is 0 Å². The number of amides is 1. The minimum absolute atomic E-state index is 0.0350. The molecule has 0 radical (unpaired) electrons. The summed E-state index contributed by atoms with van der Waals surface area (Å²) in [6.07, 6.45) is -0.700. The van der Waals surface area contributed by atoms with Gasteiger partial charge in [-0.1, -0.05) is 41.9 Å². The van der Waals surface area contributed by atoms with Crippen LogP contribution in [0.25, 0.3) is 0 Å². The van der Waals surface area contributed by atoms with Gasteiger partial charge in [0, 0.05) is 23.9 Å². The summed E-state index contributed by atoms with van der Waals surface area (Å²) in [5, 5.41) is 5.54. The van der Waals surface area contributed by atoms with E-state index in [2.05, 4.69) is 10.6 Å². The average Bonchev–Trinajstić information content (AvgIpc) is 2.63. The molecular weight excluding hydrogens is 376 g/mol. The Kier molecular flexibility index (Phi) is 7.53. The quantitative estimate of drug-likeness (QED) is 0.444. The third kappa shape index (κ3) is 5.80. The smallest absolute Gasteiger partial charge is 0.413 e. The fourth-order valence-electron chi connectivity index (χ4n) is 2.03. The van der Waals surface area contributed by atoms with E-state index in [0.717, 1.165) is 0 Å². The molecule has 0 bridgehead atoms. The highest BCUT2D eigenvalue weighted by molar-refractivity contribution is 7.80. The molecule has 6 nitrogen and oxygen atoms in total. The lowest BCUT2D eigenvalue weighted by atomic mass is 10.0. The number of carbonyl (C=O) groups excluding carboxylic acids is 2. The topological polar surface area (TPSA) is 76.7 Å². The van der Waals surface area contributed by atoms with E-state index >= 15 is 0 Å². The minimum atomic E-state index is -0.700. The molecule has 0 fully saturated rings. The highest BCUT2D eigenvalue weighted by Crippen LogP contribution is 2.23. The second kappa shape index (κ2) is 9.86. The first-order valence-corrected chi connectivity index (χ1v) is 8.43. The van der Waals surface area contributed by atoms with E-state index in [1.54, 1.807) is 42.5 Å². The first kappa shape index (κ1) is 19.8. The molecule has 8 heteroatoms. The van der Waals surface area contributed by atoms with Gasteiger partial charge >= 0.3 is 6.09 Å². The Hall–Kier alpha value is -2.48. The second-order valence-corrected chi connectivity index (χ2v) is 5.91. The number of hydrogen-bond donors (Lipinski definition) is 2. The van der Waals surface area contributed by atoms with Crippen LogP contribution in [-0.2, 0) is 9.47 Å². The third-order valence-corrected chi connectivity index (χ3v) is 3.77. The molecule has 2 N–H and O–H groups in total. The van der Waals surface area contributed by atoms with Gasteiger partial charge in [-0.15, -0.1) is 0 Å². The lowest BCUT2D eigenvalue weighted by Gasteiger charge is -2.11. The molecule has 0 saturated heterocycles. The van der Waals surface area contributed by atoms with Crippen molar-refractivity contribution in [2.45, 2.75) is 0 Å². The van der Waals surface area contributed by atoms with Gasteiger partial charge < -0.3 is 14.8 Å². The number of thiocarbonyl (C=S) groups is 1. The average molecular weight is 393 g/mol. The van der Waals surface area contributed by atoms with Gasteiger partial charge in [-0.25, -0.2) is 4.79 Å². The van der Waals surface area contributed by atoms with Crippen molar-refractivity contribution in [3.8, 4) is 0 Å². The van der Waals surface area contributed by atoms with Crippen LogP contribution in [0.4, 0.5) is 10.5 Å². The predicted molar refractivity (Wildman–Crippen MR) is 104 cm³/mol. The van der Waals surface area contributed by atoms with E-state index in [-0.39, 0.29) is 24.1 Å². The summed E-state index contributed by atoms with van der Waals surface area (Å²) >= 11 is 11.2. The molecule has 0 aliphatic rings. The molecule has 2 aromatic carbocycles. The van der Waals surface area contributed by atoms with Crippen molar-refractivity contribution in [1.82, 2.24) is 5.32 Å². The van der Waals surface area contributed by atoms with Crippen molar-refractivity contribution in [1.29, 1.82) is 0 Å². The summed E-state index contributed by atoms with van der Waals surface area (Å²) in [6.45, 7) is 0.400. The predicted octanol–water partition coefficient (Wildman–Crippen LogP) is 3.64. The highest BCUT2D eigenvalue weighted by Gasteiger charge is 2.14. The zero-order valence-electron chi connectivity index (χ0n) is 14.0. The van der Waals surface area contributed by atoms with Crippen LogP contribution in [0.2, 0.25) is 5.02 Å². The fourth-order valence-corrected chi connectivity index (χ4v) is 2.44. The van der Waals surface area contributed by atoms with E-state index in [9.17, 15) is 9.59 Å². The number of carbonyl (C=O) groups is 2. The molecular formula is C18H17ClN2O4S. The van der Waals surface area contributed by atoms with E-state index in [1.165, 1.54) is 7.11 Å². The van der Waals surface area contributed by atoms with E-state index in [0.29, 0.717) is 21.8 Å². The fraction of sp³-hybridized carbons (Fsp3) is 0.167. The molecule has 0 spiro atoms. The van der Waals surface area contributed by atoms with E-state index in [4.69, 9.17) is 33.3 Å². The zero-order valence-corrected chi connectivity index (χ0v) is 15.5. The summed E-state index contributed by atoms with van der Waals surface area (Å²) in [4.78, 5) is 24.1. The van der Waals surface area contributed by atoms with Crippen molar-refractivity contribution < 1.29 is 19.1 Å². The van der Waals surface area contributed by atoms with Crippen molar-refractivity contribution in [2.75, 3.05) is 25.6 Å². The monoisotopic (exact) mass is 392 g/mol. The Bertz CT molecular complexity index is 799. The first-order valence-electron chi connectivity index (χ1n) is 7.64. The van der Waals surface area contributed by atoms with Gasteiger partial charge in [0.1, 0.15) is 6.61 Å². The summed E-state index contributed by atoms with van der Waals surface area (Å²) in [5.41, 5.74) is 1.36. The molecule has 1 amide bonds. The Labute approximate surface area is 161 Å². The lowest BCUT2D eigenvalue weighted by molar-refractivity contribution is 0.102. The summed E-state index contributed by atoms with van der Waals surface area (Å²) < 4.78 is 9.63. The Morgan fingerprint density at radius 1 is 1.12 bits per heavy atom. The van der Waals surface area contributed by atoms with Crippen LogP contribution in [0, 0.1) is 0 Å². The molecule has 0 saturated carbocycles. The molecule has 2 rings (SSSR count). The Morgan fingerprint density at radius 2 is 1.85 bits per heavy atom. The minimum Gasteiger partial charge on any atom is -0.447 e.